The first-order chi connectivity index (χ1) is 10.5. The van der Waals surface area contributed by atoms with Gasteiger partial charge in [0.15, 0.2) is 5.75 Å². The van der Waals surface area contributed by atoms with E-state index < -0.39 is 27.2 Å². The zero-order valence-corrected chi connectivity index (χ0v) is 10.9. The van der Waals surface area contributed by atoms with Crippen molar-refractivity contribution >= 4 is 17.3 Å². The largest absolute Gasteiger partial charge is 0.386 e. The van der Waals surface area contributed by atoms with Crippen molar-refractivity contribution in [2.24, 2.45) is 0 Å². The predicted octanol–water partition coefficient (Wildman–Crippen LogP) is 2.65. The van der Waals surface area contributed by atoms with E-state index in [9.17, 15) is 25.0 Å². The van der Waals surface area contributed by atoms with Gasteiger partial charge in [0, 0.05) is 0 Å². The number of carbonyl (C=O) groups is 1. The van der Waals surface area contributed by atoms with E-state index in [0.29, 0.717) is 0 Å². The Bertz CT molecular complexity index is 698. The van der Waals surface area contributed by atoms with Gasteiger partial charge in [-0.1, -0.05) is 18.2 Å². The molecule has 0 aliphatic rings. The van der Waals surface area contributed by atoms with Crippen LogP contribution in [0.25, 0.3) is 0 Å². The van der Waals surface area contributed by atoms with Crippen LogP contribution in [0.1, 0.15) is 10.4 Å². The van der Waals surface area contributed by atoms with E-state index in [1.165, 1.54) is 12.1 Å². The van der Waals surface area contributed by atoms with Crippen molar-refractivity contribution in [3.05, 3.63) is 74.3 Å². The van der Waals surface area contributed by atoms with E-state index in [1.807, 2.05) is 0 Å². The highest BCUT2D eigenvalue weighted by molar-refractivity contribution is 5.88. The van der Waals surface area contributed by atoms with E-state index in [4.69, 9.17) is 0 Å². The molecule has 0 radical (unpaired) electrons. The van der Waals surface area contributed by atoms with E-state index in [2.05, 4.69) is 9.78 Å². The van der Waals surface area contributed by atoms with Gasteiger partial charge in [-0.3, -0.25) is 25.1 Å². The van der Waals surface area contributed by atoms with Crippen molar-refractivity contribution in [3.63, 3.8) is 0 Å². The maximum Gasteiger partial charge on any atom is 0.386 e. The predicted molar refractivity (Wildman–Crippen MR) is 72.2 cm³/mol. The summed E-state index contributed by atoms with van der Waals surface area (Å²) < 4.78 is 0. The average molecular weight is 304 g/mol. The fourth-order valence-corrected chi connectivity index (χ4v) is 1.54. The summed E-state index contributed by atoms with van der Waals surface area (Å²) in [5.41, 5.74) is -0.914. The summed E-state index contributed by atoms with van der Waals surface area (Å²) in [5.74, 6) is -1.17. The number of carbonyl (C=O) groups excluding carboxylic acids is 1. The van der Waals surface area contributed by atoms with E-state index in [0.717, 1.165) is 18.2 Å². The smallest absolute Gasteiger partial charge is 0.286 e. The molecule has 2 aromatic rings. The second-order valence-corrected chi connectivity index (χ2v) is 4.02. The van der Waals surface area contributed by atoms with Gasteiger partial charge in [-0.05, 0) is 12.1 Å². The van der Waals surface area contributed by atoms with Gasteiger partial charge >= 0.3 is 5.97 Å². The van der Waals surface area contributed by atoms with Crippen LogP contribution < -0.4 is 4.89 Å². The number of non-ortho nitro benzene ring substituents is 2. The maximum atomic E-state index is 11.6. The Balaban J connectivity index is 2.17. The van der Waals surface area contributed by atoms with Crippen LogP contribution in [0.2, 0.25) is 0 Å². The fourth-order valence-electron chi connectivity index (χ4n) is 1.54. The van der Waals surface area contributed by atoms with Crippen LogP contribution in [0.4, 0.5) is 11.4 Å². The lowest BCUT2D eigenvalue weighted by Crippen LogP contribution is -2.08. The Morgan fingerprint density at radius 2 is 1.45 bits per heavy atom. The van der Waals surface area contributed by atoms with Crippen molar-refractivity contribution < 1.29 is 24.4 Å². The van der Waals surface area contributed by atoms with Crippen LogP contribution in [0.15, 0.2) is 48.5 Å². The Hall–Kier alpha value is -3.49. The van der Waals surface area contributed by atoms with Crippen LogP contribution in [0, 0.1) is 20.2 Å². The first kappa shape index (κ1) is 14.9. The molecule has 0 saturated carbocycles. The summed E-state index contributed by atoms with van der Waals surface area (Å²) >= 11 is 0. The third-order valence-corrected chi connectivity index (χ3v) is 2.52. The molecule has 0 saturated heterocycles. The van der Waals surface area contributed by atoms with Crippen molar-refractivity contribution in [1.29, 1.82) is 0 Å². The fraction of sp³-hybridized carbons (Fsp3) is 0. The SMILES string of the molecule is O=C(OOc1cc([N+](=O)[O-])cc([N+](=O)[O-])c1)c1ccccc1. The van der Waals surface area contributed by atoms with Gasteiger partial charge in [0.25, 0.3) is 11.4 Å². The minimum atomic E-state index is -0.838. The molecular formula is C13H8N2O7. The number of rotatable bonds is 5. The normalized spacial score (nSPS) is 9.82. The molecule has 0 unspecified atom stereocenters. The van der Waals surface area contributed by atoms with Crippen LogP contribution in [0.5, 0.6) is 5.75 Å². The summed E-state index contributed by atoms with van der Waals surface area (Å²) in [6.07, 6.45) is 0. The maximum absolute atomic E-state index is 11.6. The topological polar surface area (TPSA) is 122 Å². The van der Waals surface area contributed by atoms with Gasteiger partial charge in [0.2, 0.25) is 0 Å². The molecule has 0 amide bonds. The molecule has 0 aliphatic carbocycles. The summed E-state index contributed by atoms with van der Waals surface area (Å²) in [6, 6.07) is 10.4. The average Bonchev–Trinajstić information content (AvgIpc) is 2.53. The summed E-state index contributed by atoms with van der Waals surface area (Å²) in [5, 5.41) is 21.4. The molecule has 0 aromatic heterocycles. The molecule has 0 fully saturated rings. The molecule has 0 spiro atoms. The van der Waals surface area contributed by atoms with Crippen molar-refractivity contribution in [1.82, 2.24) is 0 Å². The number of hydrogen-bond acceptors (Lipinski definition) is 7. The zero-order valence-electron chi connectivity index (χ0n) is 10.9. The Kier molecular flexibility index (Phi) is 4.27. The number of benzene rings is 2. The second-order valence-electron chi connectivity index (χ2n) is 4.02. The van der Waals surface area contributed by atoms with Crippen molar-refractivity contribution in [3.8, 4) is 5.75 Å². The number of nitro benzene ring substituents is 2. The lowest BCUT2D eigenvalue weighted by Gasteiger charge is -2.04. The lowest BCUT2D eigenvalue weighted by molar-refractivity contribution is -0.394. The minimum Gasteiger partial charge on any atom is -0.286 e. The first-order valence-corrected chi connectivity index (χ1v) is 5.85. The molecule has 0 aliphatic heterocycles. The molecule has 0 atom stereocenters. The standard InChI is InChI=1S/C13H8N2O7/c16-13(9-4-2-1-3-5-9)22-21-12-7-10(14(17)18)6-11(8-12)15(19)20/h1-8H. The van der Waals surface area contributed by atoms with Crippen LogP contribution in [0.3, 0.4) is 0 Å². The monoisotopic (exact) mass is 304 g/mol. The first-order valence-electron chi connectivity index (χ1n) is 5.85. The second kappa shape index (κ2) is 6.31. The van der Waals surface area contributed by atoms with Crippen LogP contribution >= 0.6 is 0 Å². The molecule has 0 N–H and O–H groups in total. The number of hydrogen-bond donors (Lipinski definition) is 0. The molecule has 22 heavy (non-hydrogen) atoms. The number of nitrogens with zero attached hydrogens (tertiary/aromatic N) is 2. The quantitative estimate of drug-likeness (QED) is 0.472. The van der Waals surface area contributed by atoms with Gasteiger partial charge < -0.3 is 0 Å². The molecule has 0 heterocycles. The summed E-state index contributed by atoms with van der Waals surface area (Å²) in [7, 11) is 0. The van der Waals surface area contributed by atoms with Crippen LogP contribution in [-0.2, 0) is 4.89 Å². The van der Waals surface area contributed by atoms with Gasteiger partial charge in [0.1, 0.15) is 0 Å². The lowest BCUT2D eigenvalue weighted by atomic mass is 10.2. The molecule has 9 heteroatoms. The zero-order chi connectivity index (χ0) is 16.1. The summed E-state index contributed by atoms with van der Waals surface area (Å²) in [6.45, 7) is 0. The molecule has 2 aromatic carbocycles. The van der Waals surface area contributed by atoms with Gasteiger partial charge in [-0.15, -0.1) is 0 Å². The Morgan fingerprint density at radius 3 is 1.95 bits per heavy atom. The van der Waals surface area contributed by atoms with Crippen LogP contribution in [-0.4, -0.2) is 15.8 Å². The molecule has 9 nitrogen and oxygen atoms in total. The highest BCUT2D eigenvalue weighted by atomic mass is 17.2. The Morgan fingerprint density at radius 1 is 0.909 bits per heavy atom. The van der Waals surface area contributed by atoms with Crippen molar-refractivity contribution in [2.45, 2.75) is 0 Å². The van der Waals surface area contributed by atoms with E-state index in [1.54, 1.807) is 18.2 Å². The summed E-state index contributed by atoms with van der Waals surface area (Å²) in [4.78, 5) is 40.6. The number of nitro groups is 2. The Labute approximate surface area is 122 Å². The molecule has 0 bridgehead atoms. The van der Waals surface area contributed by atoms with E-state index >= 15 is 0 Å². The van der Waals surface area contributed by atoms with Gasteiger partial charge in [0.05, 0.1) is 33.6 Å². The molecular weight excluding hydrogens is 296 g/mol. The highest BCUT2D eigenvalue weighted by Crippen LogP contribution is 2.27. The highest BCUT2D eigenvalue weighted by Gasteiger charge is 2.19. The van der Waals surface area contributed by atoms with Crippen molar-refractivity contribution in [2.75, 3.05) is 0 Å². The molecule has 2 rings (SSSR count). The van der Waals surface area contributed by atoms with Gasteiger partial charge in [-0.25, -0.2) is 9.68 Å². The third-order valence-electron chi connectivity index (χ3n) is 2.52. The minimum absolute atomic E-state index is 0.197. The van der Waals surface area contributed by atoms with Gasteiger partial charge in [-0.2, -0.15) is 0 Å². The van der Waals surface area contributed by atoms with E-state index in [-0.39, 0.29) is 11.3 Å². The molecule has 112 valence electrons. The third kappa shape index (κ3) is 3.54.